The van der Waals surface area contributed by atoms with Gasteiger partial charge in [-0.3, -0.25) is 4.79 Å². The predicted molar refractivity (Wildman–Crippen MR) is 108 cm³/mol. The fourth-order valence-corrected chi connectivity index (χ4v) is 3.04. The zero-order chi connectivity index (χ0) is 19.7. The third-order valence-corrected chi connectivity index (χ3v) is 4.29. The fourth-order valence-electron chi connectivity index (χ4n) is 2.82. The van der Waals surface area contributed by atoms with Crippen LogP contribution in [0.15, 0.2) is 68.2 Å². The lowest BCUT2D eigenvalue weighted by atomic mass is 10.2. The van der Waals surface area contributed by atoms with Crippen molar-refractivity contribution in [3.05, 3.63) is 75.8 Å². The Bertz CT molecular complexity index is 1290. The van der Waals surface area contributed by atoms with Crippen molar-refractivity contribution in [3.8, 4) is 5.75 Å². The normalized spacial score (nSPS) is 11.4. The van der Waals surface area contributed by atoms with Crippen LogP contribution in [-0.4, -0.2) is 13.0 Å². The molecule has 0 saturated carbocycles. The van der Waals surface area contributed by atoms with Crippen LogP contribution in [0.3, 0.4) is 0 Å². The Kier molecular flexibility index (Phi) is 4.63. The minimum Gasteiger partial charge on any atom is -0.493 e. The smallest absolute Gasteiger partial charge is 0.336 e. The summed E-state index contributed by atoms with van der Waals surface area (Å²) in [6, 6.07) is 13.3. The standard InChI is InChI=1S/C21H14ClNO5/c1-26-18-10-14(22)8-13-9-16(27-21(13)18)5-6-19(24)23-15-4-2-12-3-7-20(25)28-17(12)11-15/h2-11H,1H3,(H,23,24)/b6-5+. The van der Waals surface area contributed by atoms with Gasteiger partial charge in [0.1, 0.15) is 11.3 Å². The first-order valence-electron chi connectivity index (χ1n) is 8.32. The van der Waals surface area contributed by atoms with Crippen molar-refractivity contribution < 1.29 is 18.4 Å². The van der Waals surface area contributed by atoms with Gasteiger partial charge < -0.3 is 18.9 Å². The molecule has 0 aliphatic heterocycles. The molecule has 1 amide bonds. The largest absolute Gasteiger partial charge is 0.493 e. The molecule has 140 valence electrons. The first kappa shape index (κ1) is 17.9. The van der Waals surface area contributed by atoms with Crippen molar-refractivity contribution in [2.24, 2.45) is 0 Å². The average Bonchev–Trinajstić information content (AvgIpc) is 3.08. The van der Waals surface area contributed by atoms with E-state index in [1.807, 2.05) is 0 Å². The molecular formula is C21H14ClNO5. The number of nitrogens with one attached hydrogen (secondary N) is 1. The van der Waals surface area contributed by atoms with Crippen LogP contribution in [0.4, 0.5) is 5.69 Å². The summed E-state index contributed by atoms with van der Waals surface area (Å²) in [7, 11) is 1.53. The van der Waals surface area contributed by atoms with Gasteiger partial charge in [0.15, 0.2) is 11.3 Å². The minimum absolute atomic E-state index is 0.358. The summed E-state index contributed by atoms with van der Waals surface area (Å²) < 4.78 is 16.1. The number of halogens is 1. The van der Waals surface area contributed by atoms with Gasteiger partial charge in [0.2, 0.25) is 5.91 Å². The number of fused-ring (bicyclic) bond motifs is 2. The van der Waals surface area contributed by atoms with Gasteiger partial charge in [-0.05, 0) is 36.4 Å². The molecule has 0 radical (unpaired) electrons. The van der Waals surface area contributed by atoms with Crippen LogP contribution >= 0.6 is 11.6 Å². The molecule has 4 rings (SSSR count). The Hall–Kier alpha value is -3.51. The van der Waals surface area contributed by atoms with Gasteiger partial charge in [-0.2, -0.15) is 0 Å². The Balaban J connectivity index is 1.54. The summed E-state index contributed by atoms with van der Waals surface area (Å²) >= 11 is 6.05. The van der Waals surface area contributed by atoms with Crippen LogP contribution in [0.25, 0.3) is 28.0 Å². The van der Waals surface area contributed by atoms with Gasteiger partial charge in [-0.1, -0.05) is 11.6 Å². The molecule has 28 heavy (non-hydrogen) atoms. The number of methoxy groups -OCH3 is 1. The van der Waals surface area contributed by atoms with Gasteiger partial charge in [0.25, 0.3) is 0 Å². The molecule has 0 saturated heterocycles. The molecule has 0 aliphatic rings. The lowest BCUT2D eigenvalue weighted by molar-refractivity contribution is -0.111. The number of furan rings is 1. The maximum absolute atomic E-state index is 12.2. The third kappa shape index (κ3) is 3.63. The number of amides is 1. The number of carbonyl (C=O) groups is 1. The summed E-state index contributed by atoms with van der Waals surface area (Å²) in [5.74, 6) is 0.641. The van der Waals surface area contributed by atoms with Crippen LogP contribution < -0.4 is 15.7 Å². The topological polar surface area (TPSA) is 81.7 Å². The van der Waals surface area contributed by atoms with E-state index in [9.17, 15) is 9.59 Å². The molecular weight excluding hydrogens is 382 g/mol. The van der Waals surface area contributed by atoms with Crippen molar-refractivity contribution in [1.82, 2.24) is 0 Å². The van der Waals surface area contributed by atoms with Gasteiger partial charge in [0.05, 0.1) is 7.11 Å². The second-order valence-electron chi connectivity index (χ2n) is 6.00. The van der Waals surface area contributed by atoms with Crippen LogP contribution in [0, 0.1) is 0 Å². The molecule has 2 aromatic carbocycles. The van der Waals surface area contributed by atoms with E-state index in [-0.39, 0.29) is 5.91 Å². The number of rotatable bonds is 4. The van der Waals surface area contributed by atoms with Gasteiger partial charge in [-0.25, -0.2) is 4.79 Å². The average molecular weight is 396 g/mol. The van der Waals surface area contributed by atoms with Crippen LogP contribution in [0.5, 0.6) is 5.75 Å². The van der Waals surface area contributed by atoms with E-state index >= 15 is 0 Å². The molecule has 0 aliphatic carbocycles. The molecule has 0 bridgehead atoms. The Labute approximate surface area is 164 Å². The summed E-state index contributed by atoms with van der Waals surface area (Å²) in [5.41, 5.74) is 1.01. The first-order valence-corrected chi connectivity index (χ1v) is 8.70. The highest BCUT2D eigenvalue weighted by atomic mass is 35.5. The highest BCUT2D eigenvalue weighted by molar-refractivity contribution is 6.31. The second-order valence-corrected chi connectivity index (χ2v) is 6.44. The second kappa shape index (κ2) is 7.25. The van der Waals surface area contributed by atoms with E-state index in [1.54, 1.807) is 48.5 Å². The lowest BCUT2D eigenvalue weighted by Crippen LogP contribution is -2.07. The van der Waals surface area contributed by atoms with Gasteiger partial charge in [0, 0.05) is 45.8 Å². The van der Waals surface area contributed by atoms with E-state index in [0.29, 0.717) is 33.4 Å². The van der Waals surface area contributed by atoms with E-state index in [0.717, 1.165) is 10.8 Å². The highest BCUT2D eigenvalue weighted by Gasteiger charge is 2.10. The number of benzene rings is 2. The molecule has 6 nitrogen and oxygen atoms in total. The summed E-state index contributed by atoms with van der Waals surface area (Å²) in [6.07, 6.45) is 2.89. The predicted octanol–water partition coefficient (Wildman–Crippen LogP) is 4.85. The zero-order valence-corrected chi connectivity index (χ0v) is 15.4. The highest BCUT2D eigenvalue weighted by Crippen LogP contribution is 2.32. The Morgan fingerprint density at radius 1 is 1.07 bits per heavy atom. The number of carbonyl (C=O) groups excluding carboxylic acids is 1. The van der Waals surface area contributed by atoms with Crippen molar-refractivity contribution in [2.45, 2.75) is 0 Å². The summed E-state index contributed by atoms with van der Waals surface area (Å²) in [4.78, 5) is 23.5. The summed E-state index contributed by atoms with van der Waals surface area (Å²) in [6.45, 7) is 0. The third-order valence-electron chi connectivity index (χ3n) is 4.08. The molecule has 4 aromatic rings. The molecule has 2 aromatic heterocycles. The molecule has 1 N–H and O–H groups in total. The molecule has 2 heterocycles. The van der Waals surface area contributed by atoms with Crippen molar-refractivity contribution in [3.63, 3.8) is 0 Å². The molecule has 0 unspecified atom stereocenters. The van der Waals surface area contributed by atoms with E-state index in [1.165, 1.54) is 19.3 Å². The molecule has 0 spiro atoms. The van der Waals surface area contributed by atoms with Crippen LogP contribution in [0.1, 0.15) is 5.76 Å². The SMILES string of the molecule is COc1cc(Cl)cc2cc(/C=C/C(=O)Nc3ccc4ccc(=O)oc4c3)oc12. The van der Waals surface area contributed by atoms with E-state index in [4.69, 9.17) is 25.2 Å². The van der Waals surface area contributed by atoms with Crippen molar-refractivity contribution >= 4 is 51.2 Å². The number of anilines is 1. The number of hydrogen-bond donors (Lipinski definition) is 1. The van der Waals surface area contributed by atoms with Crippen LogP contribution in [-0.2, 0) is 4.79 Å². The van der Waals surface area contributed by atoms with Crippen molar-refractivity contribution in [2.75, 3.05) is 12.4 Å². The maximum Gasteiger partial charge on any atom is 0.336 e. The zero-order valence-electron chi connectivity index (χ0n) is 14.7. The number of hydrogen-bond acceptors (Lipinski definition) is 5. The lowest BCUT2D eigenvalue weighted by Gasteiger charge is -2.03. The molecule has 0 atom stereocenters. The maximum atomic E-state index is 12.2. The fraction of sp³-hybridized carbons (Fsp3) is 0.0476. The van der Waals surface area contributed by atoms with Crippen molar-refractivity contribution in [1.29, 1.82) is 0 Å². The van der Waals surface area contributed by atoms with E-state index in [2.05, 4.69) is 5.32 Å². The molecule has 7 heteroatoms. The van der Waals surface area contributed by atoms with Crippen LogP contribution in [0.2, 0.25) is 5.02 Å². The van der Waals surface area contributed by atoms with E-state index < -0.39 is 5.63 Å². The minimum atomic E-state index is -0.448. The van der Waals surface area contributed by atoms with Gasteiger partial charge in [-0.15, -0.1) is 0 Å². The quantitative estimate of drug-likeness (QED) is 0.394. The Morgan fingerprint density at radius 3 is 2.71 bits per heavy atom. The summed E-state index contributed by atoms with van der Waals surface area (Å²) in [5, 5.41) is 4.78. The monoisotopic (exact) mass is 395 g/mol. The molecule has 0 fully saturated rings. The Morgan fingerprint density at radius 2 is 1.89 bits per heavy atom. The first-order chi connectivity index (χ1) is 13.5. The number of ether oxygens (including phenoxy) is 1. The van der Waals surface area contributed by atoms with Gasteiger partial charge >= 0.3 is 5.63 Å².